The van der Waals surface area contributed by atoms with Gasteiger partial charge in [0.15, 0.2) is 5.78 Å². The van der Waals surface area contributed by atoms with Crippen molar-refractivity contribution >= 4 is 12.1 Å². The molecule has 0 amide bonds. The maximum Gasteiger partial charge on any atom is 0.228 e. The zero-order valence-electron chi connectivity index (χ0n) is 14.0. The number of Topliss-reactive ketones (excluding diaryl/α,β-unsaturated/α-hetero) is 1. The van der Waals surface area contributed by atoms with Gasteiger partial charge >= 0.3 is 0 Å². The van der Waals surface area contributed by atoms with Crippen LogP contribution in [0.1, 0.15) is 32.8 Å². The van der Waals surface area contributed by atoms with E-state index in [9.17, 15) is 14.7 Å². The first-order chi connectivity index (χ1) is 10.7. The molecule has 0 spiro atoms. The van der Waals surface area contributed by atoms with Gasteiger partial charge in [0.25, 0.3) is 0 Å². The van der Waals surface area contributed by atoms with E-state index < -0.39 is 29.4 Å². The number of aliphatic hydroxyl groups is 1. The summed E-state index contributed by atoms with van der Waals surface area (Å²) < 4.78 is 0. The summed E-state index contributed by atoms with van der Waals surface area (Å²) in [5, 5.41) is 9.76. The summed E-state index contributed by atoms with van der Waals surface area (Å²) >= 11 is 0. The number of nitrogens with two attached hydrogens (primary N) is 2. The van der Waals surface area contributed by atoms with Crippen molar-refractivity contribution in [1.29, 1.82) is 0 Å². The van der Waals surface area contributed by atoms with Gasteiger partial charge in [0, 0.05) is 0 Å². The normalized spacial score (nSPS) is 18.0. The molecule has 0 aliphatic carbocycles. The topological polar surface area (TPSA) is 106 Å². The third-order valence-electron chi connectivity index (χ3n) is 4.19. The van der Waals surface area contributed by atoms with Crippen molar-refractivity contribution in [2.24, 2.45) is 23.3 Å². The monoisotopic (exact) mass is 319 g/mol. The van der Waals surface area contributed by atoms with Gasteiger partial charge in [0.1, 0.15) is 5.54 Å². The molecule has 23 heavy (non-hydrogen) atoms. The van der Waals surface area contributed by atoms with E-state index in [2.05, 4.69) is 0 Å². The van der Waals surface area contributed by atoms with Crippen LogP contribution in [0.5, 0.6) is 0 Å². The molecule has 3 unspecified atom stereocenters. The molecule has 0 aromatic heterocycles. The molecule has 0 saturated heterocycles. The Morgan fingerprint density at radius 1 is 1.26 bits per heavy atom. The van der Waals surface area contributed by atoms with Gasteiger partial charge in [0.05, 0.1) is 12.1 Å². The first-order valence-corrected chi connectivity index (χ1v) is 7.92. The van der Waals surface area contributed by atoms with Gasteiger partial charge in [-0.15, -0.1) is 0 Å². The minimum atomic E-state index is -1.82. The number of hydrogen-bond donors (Lipinski definition) is 3. The van der Waals surface area contributed by atoms with Crippen molar-refractivity contribution in [3.05, 3.63) is 35.9 Å². The number of hydrogen-bond acceptors (Lipinski definition) is 5. The molecule has 0 heterocycles. The first-order valence-electron chi connectivity index (χ1n) is 7.92. The quantitative estimate of drug-likeness (QED) is 0.588. The first kappa shape index (κ1) is 19.5. The lowest BCUT2D eigenvalue weighted by molar-refractivity contribution is -0.126. The van der Waals surface area contributed by atoms with E-state index in [0.29, 0.717) is 6.42 Å². The average Bonchev–Trinajstić information content (AvgIpc) is 2.52. The van der Waals surface area contributed by atoms with Crippen molar-refractivity contribution in [2.45, 2.75) is 51.3 Å². The predicted molar refractivity (Wildman–Crippen MR) is 90.4 cm³/mol. The highest BCUT2D eigenvalue weighted by Crippen LogP contribution is 2.26. The van der Waals surface area contributed by atoms with Gasteiger partial charge in [-0.1, -0.05) is 44.2 Å². The highest BCUT2D eigenvalue weighted by Gasteiger charge is 2.45. The molecule has 1 aromatic rings. The number of aliphatic hydroxyl groups excluding tert-OH is 1. The van der Waals surface area contributed by atoms with E-state index in [0.717, 1.165) is 5.56 Å². The number of rotatable bonds is 9. The molecular weight excluding hydrogens is 292 g/mol. The molecule has 5 heteroatoms. The van der Waals surface area contributed by atoms with E-state index in [1.54, 1.807) is 27.1 Å². The molecule has 0 bridgehead atoms. The van der Waals surface area contributed by atoms with Gasteiger partial charge in [0.2, 0.25) is 6.29 Å². The van der Waals surface area contributed by atoms with Crippen molar-refractivity contribution < 1.29 is 14.7 Å². The lowest BCUT2D eigenvalue weighted by Gasteiger charge is -2.34. The smallest absolute Gasteiger partial charge is 0.228 e. The fourth-order valence-electron chi connectivity index (χ4n) is 2.65. The molecular formula is C18H27N2O3. The zero-order valence-corrected chi connectivity index (χ0v) is 14.0. The van der Waals surface area contributed by atoms with Crippen molar-refractivity contribution in [2.75, 3.05) is 0 Å². The van der Waals surface area contributed by atoms with E-state index in [1.807, 2.05) is 30.3 Å². The van der Waals surface area contributed by atoms with Gasteiger partial charge in [-0.25, -0.2) is 0 Å². The van der Waals surface area contributed by atoms with Crippen LogP contribution in [0.4, 0.5) is 0 Å². The van der Waals surface area contributed by atoms with Crippen LogP contribution in [0, 0.1) is 11.8 Å². The Labute approximate surface area is 138 Å². The van der Waals surface area contributed by atoms with Crippen LogP contribution in [0.3, 0.4) is 0 Å². The van der Waals surface area contributed by atoms with Gasteiger partial charge in [-0.05, 0) is 37.2 Å². The summed E-state index contributed by atoms with van der Waals surface area (Å²) in [5.41, 5.74) is 11.2. The summed E-state index contributed by atoms with van der Waals surface area (Å²) in [5.74, 6) is -1.23. The minimum absolute atomic E-state index is 0.136. The molecule has 5 nitrogen and oxygen atoms in total. The highest BCUT2D eigenvalue weighted by atomic mass is 16.3. The fourth-order valence-corrected chi connectivity index (χ4v) is 2.65. The molecule has 1 rings (SSSR count). The van der Waals surface area contributed by atoms with E-state index in [4.69, 9.17) is 11.5 Å². The Balaban J connectivity index is 3.14. The summed E-state index contributed by atoms with van der Waals surface area (Å²) in [6.45, 7) is 5.21. The summed E-state index contributed by atoms with van der Waals surface area (Å²) in [7, 11) is 0. The summed E-state index contributed by atoms with van der Waals surface area (Å²) in [6.07, 6.45) is 1.65. The van der Waals surface area contributed by atoms with Crippen molar-refractivity contribution in [3.63, 3.8) is 0 Å². The second-order valence-electron chi connectivity index (χ2n) is 6.58. The largest absolute Gasteiger partial charge is 0.393 e. The van der Waals surface area contributed by atoms with Gasteiger partial charge in [-0.2, -0.15) is 0 Å². The number of carbonyl (C=O) groups excluding carboxylic acids is 2. The molecule has 5 N–H and O–H groups in total. The Morgan fingerprint density at radius 3 is 2.26 bits per heavy atom. The second kappa shape index (κ2) is 8.34. The molecule has 4 atom stereocenters. The lowest BCUT2D eigenvalue weighted by atomic mass is 9.73. The molecule has 1 radical (unpaired) electrons. The Kier molecular flexibility index (Phi) is 7.06. The maximum absolute atomic E-state index is 12.7. The molecule has 1 aromatic carbocycles. The fraction of sp³-hybridized carbons (Fsp3) is 0.556. The third kappa shape index (κ3) is 4.96. The zero-order chi connectivity index (χ0) is 17.6. The third-order valence-corrected chi connectivity index (χ3v) is 4.19. The van der Waals surface area contributed by atoms with Crippen molar-refractivity contribution in [1.82, 2.24) is 0 Å². The molecule has 0 aliphatic heterocycles. The van der Waals surface area contributed by atoms with Crippen LogP contribution in [0.15, 0.2) is 30.3 Å². The number of carbonyl (C=O) groups is 1. The molecule has 0 fully saturated rings. The van der Waals surface area contributed by atoms with Crippen LogP contribution in [0.2, 0.25) is 0 Å². The second-order valence-corrected chi connectivity index (χ2v) is 6.58. The van der Waals surface area contributed by atoms with Crippen LogP contribution in [0.25, 0.3) is 0 Å². The lowest BCUT2D eigenvalue weighted by Crippen LogP contribution is -2.62. The minimum Gasteiger partial charge on any atom is -0.393 e. The van der Waals surface area contributed by atoms with E-state index in [1.165, 1.54) is 0 Å². The summed E-state index contributed by atoms with van der Waals surface area (Å²) in [6, 6.07) is 8.58. The van der Waals surface area contributed by atoms with Gasteiger partial charge < -0.3 is 16.6 Å². The highest BCUT2D eigenvalue weighted by molar-refractivity contribution is 6.06. The van der Waals surface area contributed by atoms with Crippen LogP contribution < -0.4 is 11.5 Å². The number of ketones is 1. The van der Waals surface area contributed by atoms with Crippen LogP contribution >= 0.6 is 0 Å². The molecule has 127 valence electrons. The molecule has 0 aliphatic rings. The van der Waals surface area contributed by atoms with E-state index in [-0.39, 0.29) is 12.3 Å². The predicted octanol–water partition coefficient (Wildman–Crippen LogP) is 0.976. The summed E-state index contributed by atoms with van der Waals surface area (Å²) in [4.78, 5) is 24.3. The van der Waals surface area contributed by atoms with Crippen LogP contribution in [-0.4, -0.2) is 34.9 Å². The maximum atomic E-state index is 12.7. The SMILES string of the molecule is CC(C)C(N)C(=O)C(N)([C]=O)C(Cc1ccccc1)C[C@@H](C)O. The average molecular weight is 319 g/mol. The molecule has 0 saturated carbocycles. The van der Waals surface area contributed by atoms with E-state index >= 15 is 0 Å². The Bertz CT molecular complexity index is 516. The van der Waals surface area contributed by atoms with Crippen molar-refractivity contribution in [3.8, 4) is 0 Å². The Hall–Kier alpha value is -1.56. The van der Waals surface area contributed by atoms with Crippen LogP contribution in [-0.2, 0) is 16.0 Å². The standard InChI is InChI=1S/C18H27N2O3/c1-12(2)16(19)17(23)18(20,11-21)15(9-13(3)22)10-14-7-5-4-6-8-14/h4-8,12-13,15-16,22H,9-10,19-20H2,1-3H3/t13-,15?,16?,18?/m1/s1. The Morgan fingerprint density at radius 2 is 1.83 bits per heavy atom. The van der Waals surface area contributed by atoms with Gasteiger partial charge in [-0.3, -0.25) is 9.59 Å². The number of benzene rings is 1.